The Morgan fingerprint density at radius 2 is 1.93 bits per heavy atom. The molecule has 3 aromatic rings. The molecule has 1 heterocycles. The van der Waals surface area contributed by atoms with Crippen molar-refractivity contribution in [2.75, 3.05) is 12.4 Å². The highest BCUT2D eigenvalue weighted by Crippen LogP contribution is 2.33. The summed E-state index contributed by atoms with van der Waals surface area (Å²) >= 11 is 7.27. The lowest BCUT2D eigenvalue weighted by Gasteiger charge is -2.08. The number of nitrogens with zero attached hydrogens (tertiary/aromatic N) is 2. The molecule has 0 saturated heterocycles. The Kier molecular flexibility index (Phi) is 6.27. The third-order valence-electron chi connectivity index (χ3n) is 3.53. The van der Waals surface area contributed by atoms with Crippen LogP contribution in [0.2, 0.25) is 5.15 Å². The standard InChI is InChI=1S/C20H14ClN3O3S/c1-26-16-10-6-5-9-15(16)23-19(25)13(12-22)11-17-18(21)24-20(28-17)27-14-7-3-2-4-8-14/h2-11H,1H3,(H,23,25). The van der Waals surface area contributed by atoms with Gasteiger partial charge in [-0.2, -0.15) is 10.2 Å². The van der Waals surface area contributed by atoms with Crippen LogP contribution in [0.5, 0.6) is 16.7 Å². The summed E-state index contributed by atoms with van der Waals surface area (Å²) in [6.45, 7) is 0. The molecular formula is C20H14ClN3O3S. The molecule has 3 rings (SSSR count). The van der Waals surface area contributed by atoms with Gasteiger partial charge in [-0.05, 0) is 30.3 Å². The highest BCUT2D eigenvalue weighted by atomic mass is 35.5. The fraction of sp³-hybridized carbons (Fsp3) is 0.0500. The normalized spacial score (nSPS) is 10.8. The Labute approximate surface area is 170 Å². The number of nitriles is 1. The van der Waals surface area contributed by atoms with Crippen LogP contribution in [0, 0.1) is 11.3 Å². The second kappa shape index (κ2) is 9.04. The second-order valence-electron chi connectivity index (χ2n) is 5.37. The first-order valence-corrected chi connectivity index (χ1v) is 9.25. The van der Waals surface area contributed by atoms with Gasteiger partial charge in [0.05, 0.1) is 17.7 Å². The summed E-state index contributed by atoms with van der Waals surface area (Å²) in [7, 11) is 1.50. The maximum Gasteiger partial charge on any atom is 0.280 e. The van der Waals surface area contributed by atoms with Crippen molar-refractivity contribution >= 4 is 40.6 Å². The molecule has 0 unspecified atom stereocenters. The summed E-state index contributed by atoms with van der Waals surface area (Å²) in [5.74, 6) is 0.516. The number of halogens is 1. The van der Waals surface area contributed by atoms with E-state index >= 15 is 0 Å². The SMILES string of the molecule is COc1ccccc1NC(=O)C(C#N)=Cc1sc(Oc2ccccc2)nc1Cl. The van der Waals surface area contributed by atoms with Crippen LogP contribution in [0.4, 0.5) is 5.69 Å². The first kappa shape index (κ1) is 19.4. The average Bonchev–Trinajstić information content (AvgIpc) is 3.05. The van der Waals surface area contributed by atoms with Gasteiger partial charge in [0.25, 0.3) is 11.1 Å². The van der Waals surface area contributed by atoms with Crippen LogP contribution < -0.4 is 14.8 Å². The maximum atomic E-state index is 12.5. The molecule has 0 aliphatic carbocycles. The molecule has 2 aromatic carbocycles. The molecule has 0 fully saturated rings. The van der Waals surface area contributed by atoms with E-state index in [0.717, 1.165) is 11.3 Å². The summed E-state index contributed by atoms with van der Waals surface area (Å²) in [5, 5.41) is 12.5. The minimum Gasteiger partial charge on any atom is -0.495 e. The molecule has 0 aliphatic heterocycles. The predicted molar refractivity (Wildman–Crippen MR) is 109 cm³/mol. The summed E-state index contributed by atoms with van der Waals surface area (Å²) in [5.41, 5.74) is 0.336. The molecule has 0 atom stereocenters. The number of thiazole rings is 1. The lowest BCUT2D eigenvalue weighted by atomic mass is 10.2. The molecule has 1 amide bonds. The third-order valence-corrected chi connectivity index (χ3v) is 4.81. The predicted octanol–water partition coefficient (Wildman–Crippen LogP) is 5.14. The van der Waals surface area contributed by atoms with E-state index in [9.17, 15) is 10.1 Å². The van der Waals surface area contributed by atoms with Crippen molar-refractivity contribution in [3.63, 3.8) is 0 Å². The summed E-state index contributed by atoms with van der Waals surface area (Å²) in [6, 6.07) is 17.9. The molecule has 0 saturated carbocycles. The average molecular weight is 412 g/mol. The van der Waals surface area contributed by atoms with Gasteiger partial charge in [0.15, 0.2) is 5.15 Å². The minimum atomic E-state index is -0.581. The quantitative estimate of drug-likeness (QED) is 0.448. The van der Waals surface area contributed by atoms with Gasteiger partial charge >= 0.3 is 0 Å². The van der Waals surface area contributed by atoms with Gasteiger partial charge in [-0.3, -0.25) is 4.79 Å². The number of carbonyl (C=O) groups is 1. The number of ether oxygens (including phenoxy) is 2. The van der Waals surface area contributed by atoms with Gasteiger partial charge in [0, 0.05) is 0 Å². The van der Waals surface area contributed by atoms with Crippen LogP contribution in [-0.4, -0.2) is 18.0 Å². The number of para-hydroxylation sites is 3. The number of nitrogens with one attached hydrogen (secondary N) is 1. The number of hydrogen-bond donors (Lipinski definition) is 1. The highest BCUT2D eigenvalue weighted by Gasteiger charge is 2.15. The fourth-order valence-corrected chi connectivity index (χ4v) is 3.30. The van der Waals surface area contributed by atoms with Crippen LogP contribution in [0.1, 0.15) is 4.88 Å². The maximum absolute atomic E-state index is 12.5. The monoisotopic (exact) mass is 411 g/mol. The van der Waals surface area contributed by atoms with Crippen LogP contribution in [0.3, 0.4) is 0 Å². The Balaban J connectivity index is 1.80. The molecule has 1 aromatic heterocycles. The zero-order valence-corrected chi connectivity index (χ0v) is 16.3. The molecule has 6 nitrogen and oxygen atoms in total. The highest BCUT2D eigenvalue weighted by molar-refractivity contribution is 7.14. The lowest BCUT2D eigenvalue weighted by molar-refractivity contribution is -0.112. The van der Waals surface area contributed by atoms with E-state index in [1.807, 2.05) is 24.3 Å². The van der Waals surface area contributed by atoms with Crippen molar-refractivity contribution < 1.29 is 14.3 Å². The van der Waals surface area contributed by atoms with E-state index in [-0.39, 0.29) is 10.7 Å². The number of benzene rings is 2. The molecule has 0 aliphatic rings. The zero-order valence-electron chi connectivity index (χ0n) is 14.7. The molecule has 28 heavy (non-hydrogen) atoms. The van der Waals surface area contributed by atoms with Gasteiger partial charge in [-0.25, -0.2) is 0 Å². The smallest absolute Gasteiger partial charge is 0.280 e. The van der Waals surface area contributed by atoms with Gasteiger partial charge in [0.2, 0.25) is 0 Å². The van der Waals surface area contributed by atoms with Crippen molar-refractivity contribution in [1.29, 1.82) is 5.26 Å². The van der Waals surface area contributed by atoms with Crippen LogP contribution in [0.15, 0.2) is 60.2 Å². The number of methoxy groups -OCH3 is 1. The first-order chi connectivity index (χ1) is 13.6. The molecule has 0 bridgehead atoms. The molecule has 1 N–H and O–H groups in total. The Bertz CT molecular complexity index is 1060. The molecular weight excluding hydrogens is 398 g/mol. The summed E-state index contributed by atoms with van der Waals surface area (Å²) < 4.78 is 10.8. The first-order valence-electron chi connectivity index (χ1n) is 8.06. The zero-order chi connectivity index (χ0) is 19.9. The van der Waals surface area contributed by atoms with Gasteiger partial charge < -0.3 is 14.8 Å². The molecule has 140 valence electrons. The number of amides is 1. The Hall–Kier alpha value is -3.34. The van der Waals surface area contributed by atoms with E-state index in [0.29, 0.717) is 27.3 Å². The van der Waals surface area contributed by atoms with E-state index < -0.39 is 5.91 Å². The number of carbonyl (C=O) groups excluding carboxylic acids is 1. The topological polar surface area (TPSA) is 84.2 Å². The Morgan fingerprint density at radius 1 is 1.21 bits per heavy atom. The fourth-order valence-electron chi connectivity index (χ4n) is 2.23. The summed E-state index contributed by atoms with van der Waals surface area (Å²) in [6.07, 6.45) is 1.38. The number of rotatable bonds is 6. The van der Waals surface area contributed by atoms with Crippen molar-refractivity contribution in [2.24, 2.45) is 0 Å². The number of anilines is 1. The van der Waals surface area contributed by atoms with Crippen molar-refractivity contribution in [2.45, 2.75) is 0 Å². The summed E-state index contributed by atoms with van der Waals surface area (Å²) in [4.78, 5) is 17.0. The van der Waals surface area contributed by atoms with Crippen molar-refractivity contribution in [1.82, 2.24) is 4.98 Å². The van der Waals surface area contributed by atoms with Crippen LogP contribution in [0.25, 0.3) is 6.08 Å². The van der Waals surface area contributed by atoms with Crippen LogP contribution >= 0.6 is 22.9 Å². The van der Waals surface area contributed by atoms with Crippen molar-refractivity contribution in [3.05, 3.63) is 70.2 Å². The molecule has 0 radical (unpaired) electrons. The van der Waals surface area contributed by atoms with Crippen molar-refractivity contribution in [3.8, 4) is 22.8 Å². The van der Waals surface area contributed by atoms with Crippen LogP contribution in [-0.2, 0) is 4.79 Å². The Morgan fingerprint density at radius 3 is 2.64 bits per heavy atom. The van der Waals surface area contributed by atoms with Gasteiger partial charge in [-0.15, -0.1) is 0 Å². The lowest BCUT2D eigenvalue weighted by Crippen LogP contribution is -2.14. The van der Waals surface area contributed by atoms with Gasteiger partial charge in [0.1, 0.15) is 23.1 Å². The largest absolute Gasteiger partial charge is 0.495 e. The van der Waals surface area contributed by atoms with E-state index in [1.54, 1.807) is 36.4 Å². The van der Waals surface area contributed by atoms with Gasteiger partial charge in [-0.1, -0.05) is 53.3 Å². The number of hydrogen-bond acceptors (Lipinski definition) is 6. The molecule has 8 heteroatoms. The molecule has 0 spiro atoms. The van der Waals surface area contributed by atoms with E-state index in [1.165, 1.54) is 13.2 Å². The number of aromatic nitrogens is 1. The third kappa shape index (κ3) is 4.68. The minimum absolute atomic E-state index is 0.122. The van der Waals surface area contributed by atoms with E-state index in [2.05, 4.69) is 10.3 Å². The second-order valence-corrected chi connectivity index (χ2v) is 6.73. The van der Waals surface area contributed by atoms with E-state index in [4.69, 9.17) is 21.1 Å².